The van der Waals surface area contributed by atoms with Gasteiger partial charge >= 0.3 is 0 Å². The summed E-state index contributed by atoms with van der Waals surface area (Å²) in [7, 11) is 0. The lowest BCUT2D eigenvalue weighted by Gasteiger charge is -2.39. The number of hydrogen-bond acceptors (Lipinski definition) is 1. The van der Waals surface area contributed by atoms with Crippen LogP contribution in [-0.4, -0.2) is 0 Å². The van der Waals surface area contributed by atoms with Crippen LogP contribution in [0, 0.1) is 5.92 Å². The van der Waals surface area contributed by atoms with E-state index in [1.807, 2.05) is 6.08 Å². The molecule has 0 amide bonds. The Labute approximate surface area is 202 Å². The van der Waals surface area contributed by atoms with Gasteiger partial charge in [0.1, 0.15) is 0 Å². The fourth-order valence-electron chi connectivity index (χ4n) is 5.30. The van der Waals surface area contributed by atoms with E-state index < -0.39 is 0 Å². The van der Waals surface area contributed by atoms with Gasteiger partial charge in [0, 0.05) is 17.1 Å². The van der Waals surface area contributed by atoms with Crippen LogP contribution in [-0.2, 0) is 11.8 Å². The van der Waals surface area contributed by atoms with Gasteiger partial charge in [-0.25, -0.2) is 0 Å². The normalized spacial score (nSPS) is 13.8. The summed E-state index contributed by atoms with van der Waals surface area (Å²) in [6, 6.07) is 26.9. The second-order valence-electron chi connectivity index (χ2n) is 9.27. The van der Waals surface area contributed by atoms with Crippen molar-refractivity contribution in [2.75, 3.05) is 4.90 Å². The molecular formula is C32H41N. The molecule has 3 aromatic carbocycles. The van der Waals surface area contributed by atoms with Crippen LogP contribution in [0.5, 0.6) is 0 Å². The van der Waals surface area contributed by atoms with Crippen molar-refractivity contribution in [3.05, 3.63) is 96.1 Å². The topological polar surface area (TPSA) is 3.24 Å². The van der Waals surface area contributed by atoms with E-state index in [0.717, 1.165) is 17.7 Å². The summed E-state index contributed by atoms with van der Waals surface area (Å²) < 4.78 is 0. The van der Waals surface area contributed by atoms with Crippen molar-refractivity contribution < 1.29 is 0 Å². The molecule has 174 valence electrons. The Hall–Kier alpha value is -2.80. The van der Waals surface area contributed by atoms with Crippen molar-refractivity contribution in [3.63, 3.8) is 0 Å². The van der Waals surface area contributed by atoms with E-state index in [0.29, 0.717) is 5.92 Å². The maximum Gasteiger partial charge on any atom is 0.0467 e. The predicted octanol–water partition coefficient (Wildman–Crippen LogP) is 9.86. The van der Waals surface area contributed by atoms with E-state index in [1.165, 1.54) is 48.2 Å². The lowest BCUT2D eigenvalue weighted by molar-refractivity contribution is 0.246. The first-order chi connectivity index (χ1) is 16.0. The molecule has 2 unspecified atom stereocenters. The molecule has 0 bridgehead atoms. The SMILES string of the molecule is C=Cc1cccc(N(c2ccc(CC)cc2)c2ccc(C(CC)(CCC)C(C)CC)cc2)c1. The molecule has 1 heteroatoms. The van der Waals surface area contributed by atoms with E-state index in [1.54, 1.807) is 0 Å². The lowest BCUT2D eigenvalue weighted by atomic mass is 9.65. The summed E-state index contributed by atoms with van der Waals surface area (Å²) in [4.78, 5) is 2.35. The molecule has 3 rings (SSSR count). The molecule has 0 fully saturated rings. The Bertz CT molecular complexity index is 1020. The van der Waals surface area contributed by atoms with Gasteiger partial charge in [-0.2, -0.15) is 0 Å². The summed E-state index contributed by atoms with van der Waals surface area (Å²) in [5.74, 6) is 0.662. The fraction of sp³-hybridized carbons (Fsp3) is 0.375. The van der Waals surface area contributed by atoms with Crippen LogP contribution in [0.4, 0.5) is 17.1 Å². The van der Waals surface area contributed by atoms with E-state index >= 15 is 0 Å². The minimum atomic E-state index is 0.248. The molecule has 0 heterocycles. The zero-order chi connectivity index (χ0) is 23.8. The molecule has 0 radical (unpaired) electrons. The zero-order valence-electron chi connectivity index (χ0n) is 21.3. The van der Waals surface area contributed by atoms with Crippen molar-refractivity contribution in [2.24, 2.45) is 5.92 Å². The highest BCUT2D eigenvalue weighted by Gasteiger charge is 2.34. The summed E-state index contributed by atoms with van der Waals surface area (Å²) >= 11 is 0. The van der Waals surface area contributed by atoms with Crippen molar-refractivity contribution in [2.45, 2.75) is 72.1 Å². The predicted molar refractivity (Wildman–Crippen MR) is 147 cm³/mol. The number of nitrogens with zero attached hydrogens (tertiary/aromatic N) is 1. The van der Waals surface area contributed by atoms with E-state index in [2.05, 4.69) is 119 Å². The molecule has 0 saturated heterocycles. The van der Waals surface area contributed by atoms with E-state index in [4.69, 9.17) is 0 Å². The first-order valence-corrected chi connectivity index (χ1v) is 12.7. The Morgan fingerprint density at radius 1 is 0.848 bits per heavy atom. The van der Waals surface area contributed by atoms with Gasteiger partial charge in [0.15, 0.2) is 0 Å². The zero-order valence-corrected chi connectivity index (χ0v) is 21.3. The van der Waals surface area contributed by atoms with Gasteiger partial charge in [-0.3, -0.25) is 0 Å². The number of hydrogen-bond donors (Lipinski definition) is 0. The van der Waals surface area contributed by atoms with Crippen LogP contribution in [0.15, 0.2) is 79.4 Å². The standard InChI is InChI=1S/C32H41N/c1-7-23-32(11-5,25(6)8-2)28-17-21-30(22-18-28)33(29-19-15-26(9-3)16-20-29)31-14-12-13-27(10-4)24-31/h10,12-22,24-25H,4,7-9,11,23H2,1-3,5-6H3. The monoisotopic (exact) mass is 439 g/mol. The third-order valence-electron chi connectivity index (χ3n) is 7.55. The molecule has 0 saturated carbocycles. The van der Waals surface area contributed by atoms with Crippen LogP contribution in [0.25, 0.3) is 6.08 Å². The maximum atomic E-state index is 3.97. The fourth-order valence-corrected chi connectivity index (χ4v) is 5.30. The number of aryl methyl sites for hydroxylation is 1. The molecule has 0 aromatic heterocycles. The van der Waals surface area contributed by atoms with Crippen molar-refractivity contribution in [1.82, 2.24) is 0 Å². The molecule has 0 spiro atoms. The molecule has 2 atom stereocenters. The average molecular weight is 440 g/mol. The largest absolute Gasteiger partial charge is 0.310 e. The molecular weight excluding hydrogens is 398 g/mol. The van der Waals surface area contributed by atoms with Crippen LogP contribution in [0.3, 0.4) is 0 Å². The minimum absolute atomic E-state index is 0.248. The summed E-state index contributed by atoms with van der Waals surface area (Å²) in [6.07, 6.45) is 7.80. The summed E-state index contributed by atoms with van der Waals surface area (Å²) in [5.41, 5.74) is 7.73. The first-order valence-electron chi connectivity index (χ1n) is 12.7. The number of rotatable bonds is 11. The van der Waals surface area contributed by atoms with Crippen molar-refractivity contribution >= 4 is 23.1 Å². The third-order valence-corrected chi connectivity index (χ3v) is 7.55. The smallest absolute Gasteiger partial charge is 0.0467 e. The summed E-state index contributed by atoms with van der Waals surface area (Å²) in [5, 5.41) is 0. The molecule has 1 nitrogen and oxygen atoms in total. The summed E-state index contributed by atoms with van der Waals surface area (Å²) in [6.45, 7) is 15.6. The number of benzene rings is 3. The highest BCUT2D eigenvalue weighted by molar-refractivity contribution is 5.78. The molecule has 0 N–H and O–H groups in total. The highest BCUT2D eigenvalue weighted by Crippen LogP contribution is 2.43. The second-order valence-corrected chi connectivity index (χ2v) is 9.27. The van der Waals surface area contributed by atoms with Gasteiger partial charge in [0.25, 0.3) is 0 Å². The molecule has 0 aliphatic carbocycles. The van der Waals surface area contributed by atoms with Gasteiger partial charge < -0.3 is 4.90 Å². The van der Waals surface area contributed by atoms with Gasteiger partial charge in [-0.05, 0) is 83.7 Å². The Balaban J connectivity index is 2.09. The molecule has 3 aromatic rings. The third kappa shape index (κ3) is 5.24. The Kier molecular flexibility index (Phi) is 8.55. The quantitative estimate of drug-likeness (QED) is 0.287. The molecule has 33 heavy (non-hydrogen) atoms. The Morgan fingerprint density at radius 2 is 1.48 bits per heavy atom. The van der Waals surface area contributed by atoms with Crippen LogP contribution in [0.2, 0.25) is 0 Å². The van der Waals surface area contributed by atoms with Crippen LogP contribution < -0.4 is 4.90 Å². The van der Waals surface area contributed by atoms with Gasteiger partial charge in [0.2, 0.25) is 0 Å². The average Bonchev–Trinajstić information content (AvgIpc) is 2.88. The van der Waals surface area contributed by atoms with E-state index in [9.17, 15) is 0 Å². The maximum absolute atomic E-state index is 3.97. The second kappa shape index (κ2) is 11.4. The van der Waals surface area contributed by atoms with Gasteiger partial charge in [-0.1, -0.05) is 96.5 Å². The van der Waals surface area contributed by atoms with E-state index in [-0.39, 0.29) is 5.41 Å². The van der Waals surface area contributed by atoms with Crippen molar-refractivity contribution in [3.8, 4) is 0 Å². The minimum Gasteiger partial charge on any atom is -0.310 e. The van der Waals surface area contributed by atoms with Gasteiger partial charge in [-0.15, -0.1) is 0 Å². The van der Waals surface area contributed by atoms with Crippen LogP contribution in [0.1, 0.15) is 77.0 Å². The van der Waals surface area contributed by atoms with Crippen LogP contribution >= 0.6 is 0 Å². The lowest BCUT2D eigenvalue weighted by Crippen LogP contribution is -2.33. The highest BCUT2D eigenvalue weighted by atomic mass is 15.1. The Morgan fingerprint density at radius 3 is 2.00 bits per heavy atom. The molecule has 0 aliphatic heterocycles. The van der Waals surface area contributed by atoms with Crippen molar-refractivity contribution in [1.29, 1.82) is 0 Å². The molecule has 0 aliphatic rings. The number of anilines is 3. The van der Waals surface area contributed by atoms with Gasteiger partial charge in [0.05, 0.1) is 0 Å². The first kappa shape index (κ1) is 24.8.